The van der Waals surface area contributed by atoms with Crippen LogP contribution in [-0.2, 0) is 11.3 Å². The molecule has 1 fully saturated rings. The molecule has 2 heterocycles. The Labute approximate surface area is 156 Å². The second kappa shape index (κ2) is 8.31. The lowest BCUT2D eigenvalue weighted by Gasteiger charge is -2.37. The predicted octanol–water partition coefficient (Wildman–Crippen LogP) is 3.12. The van der Waals surface area contributed by atoms with E-state index in [9.17, 15) is 9.90 Å². The SMILES string of the molecule is CSc1ccc([C@@H](C(=O)O)N2CCN(Cc3csc(C)n3)CC2)cc1. The largest absolute Gasteiger partial charge is 0.480 e. The van der Waals surface area contributed by atoms with Crippen molar-refractivity contribution in [3.8, 4) is 0 Å². The Morgan fingerprint density at radius 3 is 2.48 bits per heavy atom. The molecule has 0 spiro atoms. The first kappa shape index (κ1) is 18.4. The highest BCUT2D eigenvalue weighted by atomic mass is 32.2. The molecule has 1 aromatic heterocycles. The number of benzene rings is 1. The van der Waals surface area contributed by atoms with E-state index < -0.39 is 12.0 Å². The zero-order valence-electron chi connectivity index (χ0n) is 14.5. The van der Waals surface area contributed by atoms with Crippen LogP contribution in [0.5, 0.6) is 0 Å². The topological polar surface area (TPSA) is 56.7 Å². The van der Waals surface area contributed by atoms with E-state index in [1.165, 1.54) is 0 Å². The normalized spacial score (nSPS) is 17.5. The molecule has 25 heavy (non-hydrogen) atoms. The molecule has 1 aromatic carbocycles. The minimum absolute atomic E-state index is 0.570. The number of aliphatic carboxylic acids is 1. The maximum Gasteiger partial charge on any atom is 0.325 e. The van der Waals surface area contributed by atoms with E-state index in [4.69, 9.17) is 0 Å². The number of thiazole rings is 1. The molecular formula is C18H23N3O2S2. The summed E-state index contributed by atoms with van der Waals surface area (Å²) in [5, 5.41) is 12.9. The van der Waals surface area contributed by atoms with Crippen LogP contribution in [0.4, 0.5) is 0 Å². The lowest BCUT2D eigenvalue weighted by Crippen LogP contribution is -2.48. The molecule has 1 saturated heterocycles. The van der Waals surface area contributed by atoms with E-state index in [-0.39, 0.29) is 0 Å². The number of carbonyl (C=O) groups is 1. The van der Waals surface area contributed by atoms with Gasteiger partial charge < -0.3 is 5.11 Å². The summed E-state index contributed by atoms with van der Waals surface area (Å²) in [6.45, 7) is 6.10. The fourth-order valence-electron chi connectivity index (χ4n) is 3.19. The molecule has 5 nitrogen and oxygen atoms in total. The quantitative estimate of drug-likeness (QED) is 0.781. The van der Waals surface area contributed by atoms with Crippen molar-refractivity contribution >= 4 is 29.1 Å². The summed E-state index contributed by atoms with van der Waals surface area (Å²) in [6.07, 6.45) is 2.02. The van der Waals surface area contributed by atoms with E-state index in [0.717, 1.165) is 53.9 Å². The molecule has 1 N–H and O–H groups in total. The molecule has 7 heteroatoms. The molecule has 3 rings (SSSR count). The summed E-state index contributed by atoms with van der Waals surface area (Å²) in [5.74, 6) is -0.777. The van der Waals surface area contributed by atoms with Gasteiger partial charge in [0.1, 0.15) is 6.04 Å². The van der Waals surface area contributed by atoms with Crippen LogP contribution < -0.4 is 0 Å². The molecule has 2 aromatic rings. The van der Waals surface area contributed by atoms with Crippen LogP contribution in [0.15, 0.2) is 34.5 Å². The molecule has 0 aliphatic carbocycles. The first-order valence-electron chi connectivity index (χ1n) is 8.31. The van der Waals surface area contributed by atoms with Crippen LogP contribution in [0.2, 0.25) is 0 Å². The van der Waals surface area contributed by atoms with E-state index in [0.29, 0.717) is 0 Å². The Morgan fingerprint density at radius 1 is 1.28 bits per heavy atom. The number of hydrogen-bond acceptors (Lipinski definition) is 6. The predicted molar refractivity (Wildman–Crippen MR) is 102 cm³/mol. The molecule has 0 amide bonds. The van der Waals surface area contributed by atoms with Crippen molar-refractivity contribution in [1.82, 2.24) is 14.8 Å². The Hall–Kier alpha value is -1.41. The molecular weight excluding hydrogens is 354 g/mol. The van der Waals surface area contributed by atoms with Crippen molar-refractivity contribution in [1.29, 1.82) is 0 Å². The number of hydrogen-bond donors (Lipinski definition) is 1. The fraction of sp³-hybridized carbons (Fsp3) is 0.444. The van der Waals surface area contributed by atoms with Gasteiger partial charge in [0.25, 0.3) is 0 Å². The zero-order chi connectivity index (χ0) is 17.8. The van der Waals surface area contributed by atoms with Crippen LogP contribution in [0.1, 0.15) is 22.3 Å². The van der Waals surface area contributed by atoms with Crippen molar-refractivity contribution in [2.24, 2.45) is 0 Å². The average molecular weight is 378 g/mol. The number of piperazine rings is 1. The summed E-state index contributed by atoms with van der Waals surface area (Å²) >= 11 is 3.34. The fourth-order valence-corrected chi connectivity index (χ4v) is 4.20. The maximum absolute atomic E-state index is 11.9. The third kappa shape index (κ3) is 4.61. The van der Waals surface area contributed by atoms with Crippen molar-refractivity contribution in [2.75, 3.05) is 32.4 Å². The number of carboxylic acid groups (broad SMARTS) is 1. The van der Waals surface area contributed by atoms with Crippen molar-refractivity contribution in [3.63, 3.8) is 0 Å². The van der Waals surface area contributed by atoms with Gasteiger partial charge in [-0.3, -0.25) is 14.6 Å². The van der Waals surface area contributed by atoms with Crippen LogP contribution in [0.3, 0.4) is 0 Å². The lowest BCUT2D eigenvalue weighted by atomic mass is 10.0. The summed E-state index contributed by atoms with van der Waals surface area (Å²) in [4.78, 5) is 21.9. The van der Waals surface area contributed by atoms with Crippen LogP contribution >= 0.6 is 23.1 Å². The first-order chi connectivity index (χ1) is 12.1. The molecule has 1 aliphatic rings. The molecule has 0 saturated carbocycles. The van der Waals surface area contributed by atoms with Gasteiger partial charge in [-0.15, -0.1) is 23.1 Å². The molecule has 1 aliphatic heterocycles. The van der Waals surface area contributed by atoms with Crippen molar-refractivity contribution < 1.29 is 9.90 Å². The molecule has 1 atom stereocenters. The van der Waals surface area contributed by atoms with Gasteiger partial charge in [-0.1, -0.05) is 12.1 Å². The van der Waals surface area contributed by atoms with Crippen LogP contribution in [0.25, 0.3) is 0 Å². The molecule has 0 unspecified atom stereocenters. The van der Waals surface area contributed by atoms with Gasteiger partial charge in [0.15, 0.2) is 0 Å². The highest BCUT2D eigenvalue weighted by molar-refractivity contribution is 7.98. The first-order valence-corrected chi connectivity index (χ1v) is 10.4. The van der Waals surface area contributed by atoms with Gasteiger partial charge in [0.05, 0.1) is 10.7 Å². The number of rotatable bonds is 6. The highest BCUT2D eigenvalue weighted by Crippen LogP contribution is 2.25. The number of nitrogens with zero attached hydrogens (tertiary/aromatic N) is 3. The smallest absolute Gasteiger partial charge is 0.325 e. The number of carboxylic acids is 1. The van der Waals surface area contributed by atoms with Crippen molar-refractivity contribution in [3.05, 3.63) is 45.9 Å². The van der Waals surface area contributed by atoms with Gasteiger partial charge in [0.2, 0.25) is 0 Å². The Morgan fingerprint density at radius 2 is 1.96 bits per heavy atom. The number of thioether (sulfide) groups is 1. The summed E-state index contributed by atoms with van der Waals surface area (Å²) < 4.78 is 0. The molecule has 134 valence electrons. The van der Waals surface area contributed by atoms with Crippen LogP contribution in [-0.4, -0.2) is 58.3 Å². The van der Waals surface area contributed by atoms with Crippen LogP contribution in [0, 0.1) is 6.92 Å². The average Bonchev–Trinajstić information content (AvgIpc) is 3.02. The number of aromatic nitrogens is 1. The third-order valence-electron chi connectivity index (χ3n) is 4.49. The van der Waals surface area contributed by atoms with E-state index >= 15 is 0 Å². The Kier molecular flexibility index (Phi) is 6.11. The molecule has 0 bridgehead atoms. The summed E-state index contributed by atoms with van der Waals surface area (Å²) in [7, 11) is 0. The molecule has 0 radical (unpaired) electrons. The summed E-state index contributed by atoms with van der Waals surface area (Å²) in [5.41, 5.74) is 1.97. The number of aryl methyl sites for hydroxylation is 1. The Balaban J connectivity index is 1.63. The Bertz CT molecular complexity index is 709. The summed E-state index contributed by atoms with van der Waals surface area (Å²) in [6, 6.07) is 7.30. The van der Waals surface area contributed by atoms with E-state index in [2.05, 4.69) is 20.2 Å². The van der Waals surface area contributed by atoms with E-state index in [1.54, 1.807) is 23.1 Å². The van der Waals surface area contributed by atoms with E-state index in [1.807, 2.05) is 37.4 Å². The highest BCUT2D eigenvalue weighted by Gasteiger charge is 2.30. The third-order valence-corrected chi connectivity index (χ3v) is 6.06. The zero-order valence-corrected chi connectivity index (χ0v) is 16.1. The van der Waals surface area contributed by atoms with Gasteiger partial charge >= 0.3 is 5.97 Å². The minimum atomic E-state index is -0.777. The standard InChI is InChI=1S/C18H23N3O2S2/c1-13-19-15(12-25-13)11-20-7-9-21(10-8-20)17(18(22)23)14-3-5-16(24-2)6-4-14/h3-6,12,17H,7-11H2,1-2H3,(H,22,23)/t17-/m0/s1. The monoisotopic (exact) mass is 377 g/mol. The maximum atomic E-state index is 11.9. The van der Waals surface area contributed by atoms with Gasteiger partial charge in [-0.25, -0.2) is 4.98 Å². The van der Waals surface area contributed by atoms with Crippen molar-refractivity contribution in [2.45, 2.75) is 24.4 Å². The minimum Gasteiger partial charge on any atom is -0.480 e. The van der Waals surface area contributed by atoms with Gasteiger partial charge in [-0.05, 0) is 30.9 Å². The van der Waals surface area contributed by atoms with Gasteiger partial charge in [0, 0.05) is 43.0 Å². The van der Waals surface area contributed by atoms with Gasteiger partial charge in [-0.2, -0.15) is 0 Å². The lowest BCUT2D eigenvalue weighted by molar-refractivity contribution is -0.144. The second-order valence-corrected chi connectivity index (χ2v) is 8.13. The second-order valence-electron chi connectivity index (χ2n) is 6.18.